The van der Waals surface area contributed by atoms with Crippen molar-refractivity contribution < 1.29 is 4.79 Å². The van der Waals surface area contributed by atoms with Gasteiger partial charge in [0.2, 0.25) is 0 Å². The summed E-state index contributed by atoms with van der Waals surface area (Å²) >= 11 is 1.42. The number of hydrogen-bond acceptors (Lipinski definition) is 5. The van der Waals surface area contributed by atoms with Gasteiger partial charge >= 0.3 is 0 Å². The van der Waals surface area contributed by atoms with Crippen LogP contribution in [-0.4, -0.2) is 33.3 Å². The van der Waals surface area contributed by atoms with Crippen molar-refractivity contribution in [3.05, 3.63) is 71.9 Å². The molecule has 0 radical (unpaired) electrons. The number of ketones is 1. The molecule has 1 aliphatic heterocycles. The zero-order valence-corrected chi connectivity index (χ0v) is 17.9. The Labute approximate surface area is 175 Å². The van der Waals surface area contributed by atoms with Crippen LogP contribution in [-0.2, 0) is 17.3 Å². The SMILES string of the molecule is CN1C(=CC(=O)CSc2nnc(-c3ccccc3)n2C)C(C)(C)c2ccccc21. The minimum Gasteiger partial charge on any atom is -0.347 e. The van der Waals surface area contributed by atoms with Crippen LogP contribution >= 0.6 is 11.8 Å². The van der Waals surface area contributed by atoms with E-state index in [0.717, 1.165) is 27.9 Å². The summed E-state index contributed by atoms with van der Waals surface area (Å²) in [6.45, 7) is 4.33. The summed E-state index contributed by atoms with van der Waals surface area (Å²) in [5.74, 6) is 1.19. The van der Waals surface area contributed by atoms with Gasteiger partial charge in [0, 0.05) is 42.5 Å². The molecule has 0 spiro atoms. The van der Waals surface area contributed by atoms with E-state index in [2.05, 4.69) is 41.1 Å². The molecule has 0 amide bonds. The van der Waals surface area contributed by atoms with Crippen LogP contribution in [0.5, 0.6) is 0 Å². The number of rotatable bonds is 5. The number of carbonyl (C=O) groups is 1. The van der Waals surface area contributed by atoms with Gasteiger partial charge in [-0.1, -0.05) is 74.1 Å². The zero-order valence-electron chi connectivity index (χ0n) is 17.1. The molecular weight excluding hydrogens is 380 g/mol. The Morgan fingerprint density at radius 1 is 1.03 bits per heavy atom. The van der Waals surface area contributed by atoms with Crippen molar-refractivity contribution in [1.82, 2.24) is 14.8 Å². The van der Waals surface area contributed by atoms with Gasteiger partial charge in [-0.15, -0.1) is 10.2 Å². The van der Waals surface area contributed by atoms with E-state index >= 15 is 0 Å². The lowest BCUT2D eigenvalue weighted by Gasteiger charge is -2.23. The molecule has 5 nitrogen and oxygen atoms in total. The summed E-state index contributed by atoms with van der Waals surface area (Å²) in [6, 6.07) is 18.2. The summed E-state index contributed by atoms with van der Waals surface area (Å²) in [4.78, 5) is 14.9. The number of aromatic nitrogens is 3. The van der Waals surface area contributed by atoms with E-state index in [4.69, 9.17) is 0 Å². The van der Waals surface area contributed by atoms with Crippen molar-refractivity contribution in [3.8, 4) is 11.4 Å². The van der Waals surface area contributed by atoms with Crippen LogP contribution in [0.2, 0.25) is 0 Å². The fourth-order valence-corrected chi connectivity index (χ4v) is 4.60. The van der Waals surface area contributed by atoms with Crippen molar-refractivity contribution in [3.63, 3.8) is 0 Å². The highest BCUT2D eigenvalue weighted by Gasteiger charge is 2.38. The van der Waals surface area contributed by atoms with E-state index in [9.17, 15) is 4.79 Å². The van der Waals surface area contributed by atoms with Gasteiger partial charge in [0.25, 0.3) is 0 Å². The highest BCUT2D eigenvalue weighted by atomic mass is 32.2. The molecule has 3 aromatic rings. The molecule has 0 atom stereocenters. The molecule has 0 fully saturated rings. The molecule has 2 aromatic carbocycles. The Morgan fingerprint density at radius 3 is 2.45 bits per heavy atom. The second-order valence-corrected chi connectivity index (χ2v) is 8.66. The molecule has 1 aromatic heterocycles. The number of thioether (sulfide) groups is 1. The predicted octanol–water partition coefficient (Wildman–Crippen LogP) is 4.45. The van der Waals surface area contributed by atoms with E-state index < -0.39 is 0 Å². The summed E-state index contributed by atoms with van der Waals surface area (Å²) < 4.78 is 1.93. The van der Waals surface area contributed by atoms with Gasteiger partial charge in [-0.2, -0.15) is 0 Å². The van der Waals surface area contributed by atoms with Crippen LogP contribution < -0.4 is 4.90 Å². The number of para-hydroxylation sites is 1. The van der Waals surface area contributed by atoms with E-state index in [0.29, 0.717) is 5.75 Å². The summed E-state index contributed by atoms with van der Waals surface area (Å²) in [5.41, 5.74) is 4.24. The highest BCUT2D eigenvalue weighted by molar-refractivity contribution is 7.99. The van der Waals surface area contributed by atoms with Gasteiger partial charge in [0.15, 0.2) is 16.8 Å². The maximum Gasteiger partial charge on any atom is 0.191 e. The summed E-state index contributed by atoms with van der Waals surface area (Å²) in [7, 11) is 3.95. The molecule has 148 valence electrons. The Morgan fingerprint density at radius 2 is 1.72 bits per heavy atom. The van der Waals surface area contributed by atoms with Crippen LogP contribution in [0.1, 0.15) is 19.4 Å². The Hall–Kier alpha value is -2.86. The maximum atomic E-state index is 12.8. The van der Waals surface area contributed by atoms with E-state index in [1.54, 1.807) is 6.08 Å². The van der Waals surface area contributed by atoms with E-state index in [1.807, 2.05) is 61.1 Å². The van der Waals surface area contributed by atoms with Crippen LogP contribution in [0, 0.1) is 0 Å². The van der Waals surface area contributed by atoms with Gasteiger partial charge in [0.05, 0.1) is 5.75 Å². The first-order valence-electron chi connectivity index (χ1n) is 9.55. The molecule has 0 unspecified atom stereocenters. The first-order chi connectivity index (χ1) is 13.9. The Balaban J connectivity index is 1.50. The normalized spacial score (nSPS) is 16.3. The van der Waals surface area contributed by atoms with E-state index in [1.165, 1.54) is 17.3 Å². The first kappa shape index (κ1) is 19.5. The fraction of sp³-hybridized carbons (Fsp3) is 0.261. The lowest BCUT2D eigenvalue weighted by atomic mass is 9.83. The van der Waals surface area contributed by atoms with Crippen LogP contribution in [0.25, 0.3) is 11.4 Å². The monoisotopic (exact) mass is 404 g/mol. The Kier molecular flexibility index (Phi) is 5.04. The highest BCUT2D eigenvalue weighted by Crippen LogP contribution is 2.46. The average Bonchev–Trinajstić information content (AvgIpc) is 3.18. The van der Waals surface area contributed by atoms with Gasteiger partial charge < -0.3 is 9.47 Å². The quantitative estimate of drug-likeness (QED) is 0.464. The van der Waals surface area contributed by atoms with Crippen molar-refractivity contribution in [1.29, 1.82) is 0 Å². The number of allylic oxidation sites excluding steroid dienone is 2. The summed E-state index contributed by atoms with van der Waals surface area (Å²) in [5, 5.41) is 9.29. The number of likely N-dealkylation sites (N-methyl/N-ethyl adjacent to an activating group) is 1. The maximum absolute atomic E-state index is 12.8. The molecule has 1 aliphatic rings. The lowest BCUT2D eigenvalue weighted by Crippen LogP contribution is -2.24. The van der Waals surface area contributed by atoms with Crippen LogP contribution in [0.3, 0.4) is 0 Å². The third-order valence-electron chi connectivity index (χ3n) is 5.45. The molecule has 6 heteroatoms. The number of hydrogen-bond donors (Lipinski definition) is 0. The number of fused-ring (bicyclic) bond motifs is 1. The largest absolute Gasteiger partial charge is 0.347 e. The van der Waals surface area contributed by atoms with Crippen molar-refractivity contribution in [2.75, 3.05) is 17.7 Å². The fourth-order valence-electron chi connectivity index (χ4n) is 3.87. The first-order valence-corrected chi connectivity index (χ1v) is 10.5. The van der Waals surface area contributed by atoms with Crippen LogP contribution in [0.15, 0.2) is 71.5 Å². The molecule has 0 bridgehead atoms. The molecule has 0 aliphatic carbocycles. The predicted molar refractivity (Wildman–Crippen MR) is 118 cm³/mol. The standard InChI is InChI=1S/C23H24N4OS/c1-23(2)18-12-8-9-13-19(18)26(3)20(23)14-17(28)15-29-22-25-24-21(27(22)4)16-10-6-5-7-11-16/h5-14H,15H2,1-4H3. The van der Waals surface area contributed by atoms with Gasteiger partial charge in [-0.05, 0) is 11.6 Å². The van der Waals surface area contributed by atoms with Crippen LogP contribution in [0.4, 0.5) is 5.69 Å². The molecule has 0 saturated heterocycles. The van der Waals surface area contributed by atoms with Gasteiger partial charge in [-0.3, -0.25) is 4.79 Å². The Bertz CT molecular complexity index is 1090. The molecular formula is C23H24N4OS. The third kappa shape index (κ3) is 3.49. The smallest absolute Gasteiger partial charge is 0.191 e. The van der Waals surface area contributed by atoms with Gasteiger partial charge in [-0.25, -0.2) is 0 Å². The molecule has 0 N–H and O–H groups in total. The molecule has 4 rings (SSSR count). The topological polar surface area (TPSA) is 51.0 Å². The minimum atomic E-state index is -0.197. The average molecular weight is 405 g/mol. The number of nitrogens with zero attached hydrogens (tertiary/aromatic N) is 4. The molecule has 2 heterocycles. The zero-order chi connectivity index (χ0) is 20.6. The number of anilines is 1. The number of carbonyl (C=O) groups excluding carboxylic acids is 1. The summed E-state index contributed by atoms with van der Waals surface area (Å²) in [6.07, 6.45) is 1.78. The van der Waals surface area contributed by atoms with Gasteiger partial charge in [0.1, 0.15) is 0 Å². The third-order valence-corrected chi connectivity index (χ3v) is 6.49. The second kappa shape index (κ2) is 7.52. The second-order valence-electron chi connectivity index (χ2n) is 7.72. The van der Waals surface area contributed by atoms with E-state index in [-0.39, 0.29) is 11.2 Å². The van der Waals surface area contributed by atoms with Crippen molar-refractivity contribution in [2.24, 2.45) is 7.05 Å². The minimum absolute atomic E-state index is 0.0713. The molecule has 29 heavy (non-hydrogen) atoms. The van der Waals surface area contributed by atoms with Crippen molar-refractivity contribution >= 4 is 23.2 Å². The lowest BCUT2D eigenvalue weighted by molar-refractivity contribution is -0.112. The molecule has 0 saturated carbocycles. The van der Waals surface area contributed by atoms with Crippen molar-refractivity contribution in [2.45, 2.75) is 24.4 Å². The number of benzene rings is 2.